The normalized spacial score (nSPS) is 19.8. The van der Waals surface area contributed by atoms with Crippen LogP contribution in [0.4, 0.5) is 4.39 Å². The standard InChI is InChI=1S/C14H21BFNO4/c1-13(2)14(3,4)21-15(20-13)10-8-11(16)17-12(9-10)19-7-5-6-18/h8-9,18H,5-7H2,1-4H3. The molecule has 1 aliphatic heterocycles. The second-order valence-electron chi connectivity index (χ2n) is 6.08. The molecule has 0 unspecified atom stereocenters. The molecule has 2 rings (SSSR count). The lowest BCUT2D eigenvalue weighted by molar-refractivity contribution is 0.00578. The van der Waals surface area contributed by atoms with Crippen LogP contribution in [0, 0.1) is 5.95 Å². The number of nitrogens with zero attached hydrogens (tertiary/aromatic N) is 1. The Labute approximate surface area is 124 Å². The van der Waals surface area contributed by atoms with Gasteiger partial charge in [0.05, 0.1) is 17.8 Å². The lowest BCUT2D eigenvalue weighted by Gasteiger charge is -2.32. The molecule has 116 valence electrons. The molecular weight excluding hydrogens is 276 g/mol. The van der Waals surface area contributed by atoms with Crippen molar-refractivity contribution < 1.29 is 23.5 Å². The number of halogens is 1. The predicted octanol–water partition coefficient (Wildman–Crippen LogP) is 1.28. The Morgan fingerprint density at radius 3 is 2.43 bits per heavy atom. The summed E-state index contributed by atoms with van der Waals surface area (Å²) < 4.78 is 30.7. The van der Waals surface area contributed by atoms with Crippen molar-refractivity contribution in [2.24, 2.45) is 0 Å². The van der Waals surface area contributed by atoms with Crippen molar-refractivity contribution in [3.63, 3.8) is 0 Å². The molecule has 0 saturated carbocycles. The molecule has 5 nitrogen and oxygen atoms in total. The van der Waals surface area contributed by atoms with Gasteiger partial charge < -0.3 is 19.2 Å². The third-order valence-corrected chi connectivity index (χ3v) is 3.87. The Morgan fingerprint density at radius 1 is 1.24 bits per heavy atom. The number of pyridine rings is 1. The first kappa shape index (κ1) is 16.2. The highest BCUT2D eigenvalue weighted by atomic mass is 19.1. The zero-order valence-corrected chi connectivity index (χ0v) is 12.9. The molecule has 1 fully saturated rings. The Bertz CT molecular complexity index is 494. The van der Waals surface area contributed by atoms with E-state index in [-0.39, 0.29) is 19.1 Å². The molecule has 0 aliphatic carbocycles. The van der Waals surface area contributed by atoms with Crippen molar-refractivity contribution in [1.29, 1.82) is 0 Å². The van der Waals surface area contributed by atoms with Gasteiger partial charge in [0.2, 0.25) is 11.8 Å². The molecule has 1 N–H and O–H groups in total. The van der Waals surface area contributed by atoms with Gasteiger partial charge in [-0.1, -0.05) is 0 Å². The topological polar surface area (TPSA) is 60.8 Å². The summed E-state index contributed by atoms with van der Waals surface area (Å²) >= 11 is 0. The first-order valence-electron chi connectivity index (χ1n) is 7.02. The lowest BCUT2D eigenvalue weighted by Crippen LogP contribution is -2.41. The number of hydrogen-bond donors (Lipinski definition) is 1. The molecule has 1 aromatic rings. The van der Waals surface area contributed by atoms with Crippen molar-refractivity contribution in [1.82, 2.24) is 4.98 Å². The van der Waals surface area contributed by atoms with Crippen LogP contribution in [-0.4, -0.2) is 41.6 Å². The van der Waals surface area contributed by atoms with Gasteiger partial charge in [0.15, 0.2) is 0 Å². The summed E-state index contributed by atoms with van der Waals surface area (Å²) in [5.41, 5.74) is -0.454. The van der Waals surface area contributed by atoms with Gasteiger partial charge in [-0.25, -0.2) is 0 Å². The zero-order chi connectivity index (χ0) is 15.7. The number of hydrogen-bond acceptors (Lipinski definition) is 5. The molecule has 0 aromatic carbocycles. The molecule has 21 heavy (non-hydrogen) atoms. The number of aliphatic hydroxyl groups is 1. The molecular formula is C14H21BFNO4. The molecule has 1 aromatic heterocycles. The van der Waals surface area contributed by atoms with Gasteiger partial charge in [0, 0.05) is 19.1 Å². The highest BCUT2D eigenvalue weighted by molar-refractivity contribution is 6.62. The van der Waals surface area contributed by atoms with E-state index in [0.717, 1.165) is 0 Å². The molecule has 0 bridgehead atoms. The van der Waals surface area contributed by atoms with Gasteiger partial charge in [-0.15, -0.1) is 0 Å². The molecule has 0 amide bonds. The van der Waals surface area contributed by atoms with Gasteiger partial charge >= 0.3 is 7.12 Å². The van der Waals surface area contributed by atoms with Crippen molar-refractivity contribution >= 4 is 12.6 Å². The van der Waals surface area contributed by atoms with Crippen LogP contribution in [-0.2, 0) is 9.31 Å². The second kappa shape index (κ2) is 5.91. The molecule has 0 radical (unpaired) electrons. The molecule has 7 heteroatoms. The third-order valence-electron chi connectivity index (χ3n) is 3.87. The number of aliphatic hydroxyl groups excluding tert-OH is 1. The Morgan fingerprint density at radius 2 is 1.86 bits per heavy atom. The smallest absolute Gasteiger partial charge is 0.478 e. The van der Waals surface area contributed by atoms with E-state index in [4.69, 9.17) is 19.2 Å². The monoisotopic (exact) mass is 297 g/mol. The number of ether oxygens (including phenoxy) is 1. The molecule has 0 atom stereocenters. The summed E-state index contributed by atoms with van der Waals surface area (Å²) in [6.45, 7) is 8.02. The minimum absolute atomic E-state index is 0.0133. The van der Waals surface area contributed by atoms with E-state index in [1.807, 2.05) is 27.7 Å². The van der Waals surface area contributed by atoms with E-state index >= 15 is 0 Å². The quantitative estimate of drug-likeness (QED) is 0.504. The average Bonchev–Trinajstić information content (AvgIpc) is 2.58. The summed E-state index contributed by atoms with van der Waals surface area (Å²) in [6, 6.07) is 2.88. The first-order valence-corrected chi connectivity index (χ1v) is 7.02. The van der Waals surface area contributed by atoms with Crippen LogP contribution in [0.2, 0.25) is 0 Å². The highest BCUT2D eigenvalue weighted by Crippen LogP contribution is 2.36. The SMILES string of the molecule is CC1(C)OB(c2cc(F)nc(OCCCO)c2)OC1(C)C. The van der Waals surface area contributed by atoms with Gasteiger partial charge in [-0.2, -0.15) is 9.37 Å². The van der Waals surface area contributed by atoms with Crippen molar-refractivity contribution in [3.05, 3.63) is 18.1 Å². The molecule has 1 aliphatic rings. The summed E-state index contributed by atoms with van der Waals surface area (Å²) in [4.78, 5) is 3.67. The van der Waals surface area contributed by atoms with Crippen LogP contribution >= 0.6 is 0 Å². The van der Waals surface area contributed by atoms with Crippen LogP contribution in [0.5, 0.6) is 5.88 Å². The van der Waals surface area contributed by atoms with Crippen molar-refractivity contribution in [2.45, 2.75) is 45.3 Å². The summed E-state index contributed by atoms with van der Waals surface area (Å²) in [5, 5.41) is 8.73. The van der Waals surface area contributed by atoms with Crippen LogP contribution in [0.15, 0.2) is 12.1 Å². The fraction of sp³-hybridized carbons (Fsp3) is 0.643. The second-order valence-corrected chi connectivity index (χ2v) is 6.08. The summed E-state index contributed by atoms with van der Waals surface area (Å²) in [6.07, 6.45) is 0.462. The van der Waals surface area contributed by atoms with E-state index in [1.165, 1.54) is 6.07 Å². The van der Waals surface area contributed by atoms with Gasteiger partial charge in [0.1, 0.15) is 0 Å². The zero-order valence-electron chi connectivity index (χ0n) is 12.9. The summed E-state index contributed by atoms with van der Waals surface area (Å²) in [7, 11) is -0.660. The maximum atomic E-state index is 13.6. The van der Waals surface area contributed by atoms with E-state index < -0.39 is 24.3 Å². The van der Waals surface area contributed by atoms with Crippen LogP contribution in [0.25, 0.3) is 0 Å². The van der Waals surface area contributed by atoms with Gasteiger partial charge in [-0.05, 0) is 39.2 Å². The Balaban J connectivity index is 2.17. The van der Waals surface area contributed by atoms with E-state index in [0.29, 0.717) is 11.9 Å². The van der Waals surface area contributed by atoms with E-state index in [2.05, 4.69) is 4.98 Å². The van der Waals surface area contributed by atoms with Gasteiger partial charge in [0.25, 0.3) is 0 Å². The fourth-order valence-corrected chi connectivity index (χ4v) is 1.92. The van der Waals surface area contributed by atoms with E-state index in [9.17, 15) is 4.39 Å². The van der Waals surface area contributed by atoms with Crippen molar-refractivity contribution in [2.75, 3.05) is 13.2 Å². The molecule has 0 spiro atoms. The minimum atomic E-state index is -0.660. The Kier molecular flexibility index (Phi) is 4.56. The van der Waals surface area contributed by atoms with Gasteiger partial charge in [-0.3, -0.25) is 0 Å². The fourth-order valence-electron chi connectivity index (χ4n) is 1.92. The van der Waals surface area contributed by atoms with Crippen LogP contribution in [0.3, 0.4) is 0 Å². The maximum absolute atomic E-state index is 13.6. The van der Waals surface area contributed by atoms with Crippen LogP contribution in [0.1, 0.15) is 34.1 Å². The Hall–Kier alpha value is -1.18. The van der Waals surface area contributed by atoms with Crippen LogP contribution < -0.4 is 10.2 Å². The lowest BCUT2D eigenvalue weighted by atomic mass is 9.80. The number of aromatic nitrogens is 1. The first-order chi connectivity index (χ1) is 9.75. The molecule has 1 saturated heterocycles. The third kappa shape index (κ3) is 3.54. The predicted molar refractivity (Wildman–Crippen MR) is 77.1 cm³/mol. The summed E-state index contributed by atoms with van der Waals surface area (Å²) in [5.74, 6) is -0.491. The minimum Gasteiger partial charge on any atom is -0.478 e. The van der Waals surface area contributed by atoms with E-state index in [1.54, 1.807) is 6.07 Å². The van der Waals surface area contributed by atoms with Crippen molar-refractivity contribution in [3.8, 4) is 5.88 Å². The highest BCUT2D eigenvalue weighted by Gasteiger charge is 2.51. The average molecular weight is 297 g/mol. The largest absolute Gasteiger partial charge is 0.495 e. The maximum Gasteiger partial charge on any atom is 0.495 e. The molecule has 2 heterocycles. The number of rotatable bonds is 5.